The van der Waals surface area contributed by atoms with E-state index in [1.54, 1.807) is 19.4 Å². The van der Waals surface area contributed by atoms with Crippen molar-refractivity contribution in [1.29, 1.82) is 0 Å². The summed E-state index contributed by atoms with van der Waals surface area (Å²) >= 11 is 0. The third kappa shape index (κ3) is 5.49. The third-order valence-corrected chi connectivity index (χ3v) is 2.14. The zero-order valence-corrected chi connectivity index (χ0v) is 10.8. The van der Waals surface area contributed by atoms with E-state index in [9.17, 15) is 0 Å². The van der Waals surface area contributed by atoms with Crippen LogP contribution in [0.2, 0.25) is 0 Å². The van der Waals surface area contributed by atoms with Gasteiger partial charge in [-0.2, -0.15) is 4.98 Å². The summed E-state index contributed by atoms with van der Waals surface area (Å²) in [4.78, 5) is 8.39. The Hall–Kier alpha value is -1.36. The molecule has 1 rings (SSSR count). The van der Waals surface area contributed by atoms with Crippen LogP contribution in [0.15, 0.2) is 12.3 Å². The van der Waals surface area contributed by atoms with E-state index in [2.05, 4.69) is 29.1 Å². The predicted octanol–water partition coefficient (Wildman–Crippen LogP) is 1.96. The van der Waals surface area contributed by atoms with Crippen LogP contribution in [0.25, 0.3) is 0 Å². The molecule has 0 saturated carbocycles. The molecule has 1 aromatic rings. The molecule has 5 heteroatoms. The summed E-state index contributed by atoms with van der Waals surface area (Å²) in [5, 5.41) is 3.16. The van der Waals surface area contributed by atoms with Crippen LogP contribution in [0.4, 0.5) is 5.95 Å². The van der Waals surface area contributed by atoms with Gasteiger partial charge in [-0.15, -0.1) is 0 Å². The van der Waals surface area contributed by atoms with Gasteiger partial charge in [-0.25, -0.2) is 4.98 Å². The summed E-state index contributed by atoms with van der Waals surface area (Å²) in [6.07, 6.45) is 2.67. The van der Waals surface area contributed by atoms with E-state index in [4.69, 9.17) is 9.47 Å². The molecule has 1 heterocycles. The average Bonchev–Trinajstić information content (AvgIpc) is 2.35. The predicted molar refractivity (Wildman–Crippen MR) is 67.3 cm³/mol. The molecule has 0 saturated heterocycles. The van der Waals surface area contributed by atoms with Gasteiger partial charge in [0, 0.05) is 25.9 Å². The third-order valence-electron chi connectivity index (χ3n) is 2.14. The molecule has 1 atom stereocenters. The van der Waals surface area contributed by atoms with Gasteiger partial charge in [-0.3, -0.25) is 0 Å². The topological polar surface area (TPSA) is 56.3 Å². The lowest BCUT2D eigenvalue weighted by Crippen LogP contribution is -2.17. The number of methoxy groups -OCH3 is 1. The Balaban J connectivity index is 2.42. The number of ether oxygens (including phenoxy) is 2. The van der Waals surface area contributed by atoms with Crippen LogP contribution in [0.5, 0.6) is 5.88 Å². The van der Waals surface area contributed by atoms with Gasteiger partial charge in [0.2, 0.25) is 11.8 Å². The van der Waals surface area contributed by atoms with Gasteiger partial charge in [0.05, 0.1) is 13.2 Å². The first kappa shape index (κ1) is 13.7. The number of hydrogen-bond donors (Lipinski definition) is 1. The Morgan fingerprint density at radius 1 is 1.47 bits per heavy atom. The highest BCUT2D eigenvalue weighted by molar-refractivity contribution is 5.27. The van der Waals surface area contributed by atoms with Crippen molar-refractivity contribution in [2.45, 2.75) is 20.3 Å². The molecule has 0 fully saturated rings. The van der Waals surface area contributed by atoms with Crippen molar-refractivity contribution < 1.29 is 9.47 Å². The molecule has 0 spiro atoms. The SMILES string of the molecule is CCCOc1ccnc(NCC(C)COC)n1. The number of aromatic nitrogens is 2. The van der Waals surface area contributed by atoms with Gasteiger partial charge in [0.25, 0.3) is 0 Å². The number of nitrogens with one attached hydrogen (secondary N) is 1. The highest BCUT2D eigenvalue weighted by Crippen LogP contribution is 2.09. The van der Waals surface area contributed by atoms with E-state index in [0.717, 1.165) is 19.6 Å². The normalized spacial score (nSPS) is 12.2. The first-order valence-corrected chi connectivity index (χ1v) is 5.95. The quantitative estimate of drug-likeness (QED) is 0.751. The molecule has 1 unspecified atom stereocenters. The van der Waals surface area contributed by atoms with E-state index in [1.807, 2.05) is 0 Å². The smallest absolute Gasteiger partial charge is 0.225 e. The molecule has 0 aromatic carbocycles. The first-order chi connectivity index (χ1) is 8.26. The summed E-state index contributed by atoms with van der Waals surface area (Å²) in [6.45, 7) is 6.35. The van der Waals surface area contributed by atoms with Crippen LogP contribution in [-0.2, 0) is 4.74 Å². The largest absolute Gasteiger partial charge is 0.478 e. The zero-order valence-electron chi connectivity index (χ0n) is 10.8. The van der Waals surface area contributed by atoms with Crippen molar-refractivity contribution in [3.05, 3.63) is 12.3 Å². The van der Waals surface area contributed by atoms with Crippen LogP contribution in [0, 0.1) is 5.92 Å². The standard InChI is InChI=1S/C12H21N3O2/c1-4-7-17-11-5-6-13-12(15-11)14-8-10(2)9-16-3/h5-6,10H,4,7-9H2,1-3H3,(H,13,14,15). The molecule has 0 aliphatic heterocycles. The van der Waals surface area contributed by atoms with Crippen LogP contribution in [0.3, 0.4) is 0 Å². The Bertz CT molecular complexity index is 320. The molecule has 0 radical (unpaired) electrons. The Kier molecular flexibility index (Phi) is 6.32. The van der Waals surface area contributed by atoms with Gasteiger partial charge in [0.15, 0.2) is 0 Å². The molecule has 5 nitrogen and oxygen atoms in total. The number of hydrogen-bond acceptors (Lipinski definition) is 5. The maximum absolute atomic E-state index is 5.43. The van der Waals surface area contributed by atoms with E-state index < -0.39 is 0 Å². The second-order valence-corrected chi connectivity index (χ2v) is 4.01. The summed E-state index contributed by atoms with van der Waals surface area (Å²) in [5.41, 5.74) is 0. The lowest BCUT2D eigenvalue weighted by molar-refractivity contribution is 0.164. The van der Waals surface area contributed by atoms with Crippen LogP contribution in [0.1, 0.15) is 20.3 Å². The van der Waals surface area contributed by atoms with Crippen molar-refractivity contribution in [2.75, 3.05) is 32.2 Å². The second-order valence-electron chi connectivity index (χ2n) is 4.01. The molecule has 0 aliphatic rings. The fourth-order valence-electron chi connectivity index (χ4n) is 1.32. The Morgan fingerprint density at radius 3 is 3.00 bits per heavy atom. The Morgan fingerprint density at radius 2 is 2.29 bits per heavy atom. The first-order valence-electron chi connectivity index (χ1n) is 5.95. The van der Waals surface area contributed by atoms with Crippen molar-refractivity contribution >= 4 is 5.95 Å². The molecule has 96 valence electrons. The van der Waals surface area contributed by atoms with E-state index in [-0.39, 0.29) is 0 Å². The zero-order chi connectivity index (χ0) is 12.5. The van der Waals surface area contributed by atoms with Crippen molar-refractivity contribution in [3.8, 4) is 5.88 Å². The molecular weight excluding hydrogens is 218 g/mol. The highest BCUT2D eigenvalue weighted by Gasteiger charge is 2.03. The number of nitrogens with zero attached hydrogens (tertiary/aromatic N) is 2. The van der Waals surface area contributed by atoms with E-state index in [1.165, 1.54) is 0 Å². The van der Waals surface area contributed by atoms with Crippen LogP contribution >= 0.6 is 0 Å². The summed E-state index contributed by atoms with van der Waals surface area (Å²) < 4.78 is 10.5. The van der Waals surface area contributed by atoms with Gasteiger partial charge in [0.1, 0.15) is 0 Å². The molecule has 0 aliphatic carbocycles. The lowest BCUT2D eigenvalue weighted by atomic mass is 10.2. The van der Waals surface area contributed by atoms with Gasteiger partial charge in [-0.1, -0.05) is 13.8 Å². The molecule has 0 amide bonds. The molecular formula is C12H21N3O2. The monoisotopic (exact) mass is 239 g/mol. The average molecular weight is 239 g/mol. The molecule has 17 heavy (non-hydrogen) atoms. The highest BCUT2D eigenvalue weighted by atomic mass is 16.5. The molecule has 1 N–H and O–H groups in total. The van der Waals surface area contributed by atoms with E-state index in [0.29, 0.717) is 24.4 Å². The van der Waals surface area contributed by atoms with Gasteiger partial charge in [-0.05, 0) is 12.3 Å². The maximum atomic E-state index is 5.43. The van der Waals surface area contributed by atoms with Gasteiger partial charge < -0.3 is 14.8 Å². The van der Waals surface area contributed by atoms with Gasteiger partial charge >= 0.3 is 0 Å². The lowest BCUT2D eigenvalue weighted by Gasteiger charge is -2.11. The minimum absolute atomic E-state index is 0.420. The van der Waals surface area contributed by atoms with Crippen molar-refractivity contribution in [3.63, 3.8) is 0 Å². The fourth-order valence-corrected chi connectivity index (χ4v) is 1.32. The minimum atomic E-state index is 0.420. The van der Waals surface area contributed by atoms with Crippen LogP contribution in [-0.4, -0.2) is 36.8 Å². The van der Waals surface area contributed by atoms with Crippen molar-refractivity contribution in [1.82, 2.24) is 9.97 Å². The second kappa shape index (κ2) is 7.84. The Labute approximate surface area is 103 Å². The minimum Gasteiger partial charge on any atom is -0.478 e. The summed E-state index contributed by atoms with van der Waals surface area (Å²) in [7, 11) is 1.70. The molecule has 1 aromatic heterocycles. The number of rotatable bonds is 8. The van der Waals surface area contributed by atoms with E-state index >= 15 is 0 Å². The number of anilines is 1. The maximum Gasteiger partial charge on any atom is 0.225 e. The fraction of sp³-hybridized carbons (Fsp3) is 0.667. The molecule has 0 bridgehead atoms. The van der Waals surface area contributed by atoms with Crippen LogP contribution < -0.4 is 10.1 Å². The van der Waals surface area contributed by atoms with Crippen molar-refractivity contribution in [2.24, 2.45) is 5.92 Å². The summed E-state index contributed by atoms with van der Waals surface area (Å²) in [6, 6.07) is 1.76. The summed E-state index contributed by atoms with van der Waals surface area (Å²) in [5.74, 6) is 1.63.